The average molecular weight is 326 g/mol. The molecule has 0 aliphatic carbocycles. The molecule has 1 aromatic carbocycles. The van der Waals surface area contributed by atoms with Crippen LogP contribution in [-0.2, 0) is 0 Å². The molecule has 4 heteroatoms. The van der Waals surface area contributed by atoms with Gasteiger partial charge in [0.2, 0.25) is 0 Å². The molecule has 1 aromatic heterocycles. The molecule has 1 fully saturated rings. The van der Waals surface area contributed by atoms with Gasteiger partial charge in [-0.15, -0.1) is 0 Å². The molecule has 3 rings (SSSR count). The van der Waals surface area contributed by atoms with Crippen LogP contribution in [-0.4, -0.2) is 37.0 Å². The Hall–Kier alpha value is -2.07. The fourth-order valence-corrected chi connectivity index (χ4v) is 3.20. The molecule has 1 saturated heterocycles. The number of carbonyl (C=O) groups excluding carboxylic acids is 1. The first kappa shape index (κ1) is 16.8. The number of carbonyl (C=O) groups is 1. The van der Waals surface area contributed by atoms with Gasteiger partial charge in [0.1, 0.15) is 11.5 Å². The number of hydrogen-bond donors (Lipinski definition) is 1. The lowest BCUT2D eigenvalue weighted by Crippen LogP contribution is -2.46. The molecular weight excluding hydrogens is 300 g/mol. The van der Waals surface area contributed by atoms with Crippen molar-refractivity contribution >= 4 is 5.91 Å². The summed E-state index contributed by atoms with van der Waals surface area (Å²) in [5, 5.41) is 3.46. The van der Waals surface area contributed by atoms with E-state index in [0.29, 0.717) is 0 Å². The van der Waals surface area contributed by atoms with Crippen molar-refractivity contribution in [1.82, 2.24) is 10.2 Å². The van der Waals surface area contributed by atoms with Gasteiger partial charge in [-0.2, -0.15) is 0 Å². The minimum atomic E-state index is 0.0850. The van der Waals surface area contributed by atoms with Crippen LogP contribution in [0.4, 0.5) is 0 Å². The number of nitrogens with one attached hydrogen (secondary N) is 1. The highest BCUT2D eigenvalue weighted by molar-refractivity contribution is 5.94. The summed E-state index contributed by atoms with van der Waals surface area (Å²) < 4.78 is 5.64. The Morgan fingerprint density at radius 3 is 2.58 bits per heavy atom. The van der Waals surface area contributed by atoms with Crippen molar-refractivity contribution in [3.05, 3.63) is 47.7 Å². The summed E-state index contributed by atoms with van der Waals surface area (Å²) in [6.07, 6.45) is 0.992. The van der Waals surface area contributed by atoms with Crippen molar-refractivity contribution < 1.29 is 9.21 Å². The van der Waals surface area contributed by atoms with Gasteiger partial charge in [0, 0.05) is 30.8 Å². The van der Waals surface area contributed by atoms with Crippen LogP contribution >= 0.6 is 0 Å². The van der Waals surface area contributed by atoms with Crippen LogP contribution in [0.5, 0.6) is 0 Å². The maximum Gasteiger partial charge on any atom is 0.253 e. The van der Waals surface area contributed by atoms with Crippen LogP contribution in [0.3, 0.4) is 0 Å². The van der Waals surface area contributed by atoms with Crippen LogP contribution in [0.25, 0.3) is 11.3 Å². The van der Waals surface area contributed by atoms with Gasteiger partial charge in [0.05, 0.1) is 0 Å². The fraction of sp³-hybridized carbons (Fsp3) is 0.450. The molecule has 0 spiro atoms. The summed E-state index contributed by atoms with van der Waals surface area (Å²) in [5.74, 6) is 1.85. The van der Waals surface area contributed by atoms with E-state index in [4.69, 9.17) is 4.42 Å². The molecule has 128 valence electrons. The lowest BCUT2D eigenvalue weighted by molar-refractivity contribution is 0.0662. The molecule has 2 heterocycles. The number of aryl methyl sites for hydroxylation is 1. The second-order valence-corrected chi connectivity index (χ2v) is 7.41. The Balaban J connectivity index is 1.76. The SMILES string of the molecule is Cc1ccc(-c2ccc(C(=O)N3CCCNCC(C)(C)C3)cc2)o1. The van der Waals surface area contributed by atoms with E-state index in [1.807, 2.05) is 48.2 Å². The molecule has 2 aromatic rings. The van der Waals surface area contributed by atoms with Gasteiger partial charge in [-0.25, -0.2) is 0 Å². The molecule has 1 N–H and O–H groups in total. The number of rotatable bonds is 2. The highest BCUT2D eigenvalue weighted by atomic mass is 16.3. The topological polar surface area (TPSA) is 45.5 Å². The predicted octanol–water partition coefficient (Wildman–Crippen LogP) is 3.72. The molecule has 0 atom stereocenters. The molecule has 4 nitrogen and oxygen atoms in total. The van der Waals surface area contributed by atoms with Crippen LogP contribution in [0.1, 0.15) is 36.4 Å². The van der Waals surface area contributed by atoms with Gasteiger partial charge in [-0.1, -0.05) is 26.0 Å². The zero-order chi connectivity index (χ0) is 17.2. The third-order valence-corrected chi connectivity index (χ3v) is 4.45. The smallest absolute Gasteiger partial charge is 0.253 e. The number of benzene rings is 1. The molecule has 0 saturated carbocycles. The first-order valence-corrected chi connectivity index (χ1v) is 8.61. The van der Waals surface area contributed by atoms with E-state index in [2.05, 4.69) is 19.2 Å². The largest absolute Gasteiger partial charge is 0.461 e. The second kappa shape index (κ2) is 6.81. The zero-order valence-electron chi connectivity index (χ0n) is 14.8. The zero-order valence-corrected chi connectivity index (χ0v) is 14.8. The molecule has 0 bridgehead atoms. The van der Waals surface area contributed by atoms with Crippen LogP contribution in [0, 0.1) is 12.3 Å². The monoisotopic (exact) mass is 326 g/mol. The summed E-state index contributed by atoms with van der Waals surface area (Å²) in [5.41, 5.74) is 1.82. The number of amides is 1. The van der Waals surface area contributed by atoms with E-state index in [9.17, 15) is 4.79 Å². The highest BCUT2D eigenvalue weighted by Crippen LogP contribution is 2.24. The average Bonchev–Trinajstić information content (AvgIpc) is 2.97. The number of furan rings is 1. The molecule has 24 heavy (non-hydrogen) atoms. The molecular formula is C20H26N2O2. The lowest BCUT2D eigenvalue weighted by atomic mass is 9.91. The van der Waals surface area contributed by atoms with Crippen molar-refractivity contribution in [3.8, 4) is 11.3 Å². The number of nitrogens with zero attached hydrogens (tertiary/aromatic N) is 1. The molecule has 0 radical (unpaired) electrons. The van der Waals surface area contributed by atoms with E-state index in [0.717, 1.165) is 55.2 Å². The van der Waals surface area contributed by atoms with Crippen molar-refractivity contribution in [2.45, 2.75) is 27.2 Å². The van der Waals surface area contributed by atoms with Crippen molar-refractivity contribution in [2.75, 3.05) is 26.2 Å². The first-order valence-electron chi connectivity index (χ1n) is 8.61. The highest BCUT2D eigenvalue weighted by Gasteiger charge is 2.26. The van der Waals surface area contributed by atoms with Crippen molar-refractivity contribution in [1.29, 1.82) is 0 Å². The summed E-state index contributed by atoms with van der Waals surface area (Å²) in [6, 6.07) is 11.6. The van der Waals surface area contributed by atoms with Gasteiger partial charge in [0.25, 0.3) is 5.91 Å². The Labute approximate surface area is 143 Å². The third kappa shape index (κ3) is 3.88. The van der Waals surface area contributed by atoms with E-state index in [1.165, 1.54) is 0 Å². The van der Waals surface area contributed by atoms with Gasteiger partial charge in [-0.05, 0) is 49.6 Å². The van der Waals surface area contributed by atoms with Gasteiger partial charge >= 0.3 is 0 Å². The lowest BCUT2D eigenvalue weighted by Gasteiger charge is -2.35. The third-order valence-electron chi connectivity index (χ3n) is 4.45. The maximum absolute atomic E-state index is 12.9. The summed E-state index contributed by atoms with van der Waals surface area (Å²) in [4.78, 5) is 14.9. The summed E-state index contributed by atoms with van der Waals surface area (Å²) in [7, 11) is 0. The van der Waals surface area contributed by atoms with Gasteiger partial charge in [0.15, 0.2) is 0 Å². The maximum atomic E-state index is 12.9. The molecule has 1 aliphatic heterocycles. The standard InChI is InChI=1S/C20H26N2O2/c1-15-5-10-18(24-15)16-6-8-17(9-7-16)19(23)22-12-4-11-21-13-20(2,3)14-22/h5-10,21H,4,11-14H2,1-3H3. The first-order chi connectivity index (χ1) is 11.4. The minimum Gasteiger partial charge on any atom is -0.461 e. The Morgan fingerprint density at radius 1 is 1.17 bits per heavy atom. The van der Waals surface area contributed by atoms with Crippen molar-refractivity contribution in [2.24, 2.45) is 5.41 Å². The van der Waals surface area contributed by atoms with Gasteiger partial charge in [-0.3, -0.25) is 4.79 Å². The summed E-state index contributed by atoms with van der Waals surface area (Å²) in [6.45, 7) is 9.81. The molecule has 0 unspecified atom stereocenters. The van der Waals surface area contributed by atoms with E-state index < -0.39 is 0 Å². The molecule has 1 aliphatic rings. The molecule has 1 amide bonds. The van der Waals surface area contributed by atoms with Crippen molar-refractivity contribution in [3.63, 3.8) is 0 Å². The van der Waals surface area contributed by atoms with Crippen LogP contribution in [0.15, 0.2) is 40.8 Å². The van der Waals surface area contributed by atoms with Crippen LogP contribution in [0.2, 0.25) is 0 Å². The van der Waals surface area contributed by atoms with E-state index >= 15 is 0 Å². The Morgan fingerprint density at radius 2 is 1.92 bits per heavy atom. The fourth-order valence-electron chi connectivity index (χ4n) is 3.20. The predicted molar refractivity (Wildman–Crippen MR) is 96.1 cm³/mol. The Kier molecular flexibility index (Phi) is 4.76. The second-order valence-electron chi connectivity index (χ2n) is 7.41. The summed E-state index contributed by atoms with van der Waals surface area (Å²) >= 11 is 0. The Bertz CT molecular complexity index is 701. The number of hydrogen-bond acceptors (Lipinski definition) is 3. The van der Waals surface area contributed by atoms with E-state index in [1.54, 1.807) is 0 Å². The van der Waals surface area contributed by atoms with E-state index in [-0.39, 0.29) is 11.3 Å². The quantitative estimate of drug-likeness (QED) is 0.915. The normalized spacial score (nSPS) is 18.0. The van der Waals surface area contributed by atoms with Gasteiger partial charge < -0.3 is 14.6 Å². The van der Waals surface area contributed by atoms with Crippen LogP contribution < -0.4 is 5.32 Å². The minimum absolute atomic E-state index is 0.0850.